The first-order chi connectivity index (χ1) is 10.2. The number of rotatable bonds is 1. The van der Waals surface area contributed by atoms with Gasteiger partial charge in [-0.15, -0.1) is 0 Å². The Morgan fingerprint density at radius 1 is 1.24 bits per heavy atom. The molecule has 3 nitrogen and oxygen atoms in total. The average molecular weight is 281 g/mol. The summed E-state index contributed by atoms with van der Waals surface area (Å²) in [5.74, 6) is 0.963. The monoisotopic (exact) mass is 281 g/mol. The van der Waals surface area contributed by atoms with Crippen molar-refractivity contribution in [3.63, 3.8) is 0 Å². The Hall–Kier alpha value is -2.20. The minimum atomic E-state index is -0.223. The normalized spacial score (nSPS) is 17.9. The fourth-order valence-electron chi connectivity index (χ4n) is 3.22. The highest BCUT2D eigenvalue weighted by atomic mass is 19.1. The van der Waals surface area contributed by atoms with E-state index in [0.717, 1.165) is 29.9 Å². The van der Waals surface area contributed by atoms with Gasteiger partial charge in [-0.1, -0.05) is 24.3 Å². The van der Waals surface area contributed by atoms with Crippen LogP contribution in [0, 0.1) is 5.82 Å². The van der Waals surface area contributed by atoms with E-state index in [2.05, 4.69) is 29.6 Å². The van der Waals surface area contributed by atoms with Gasteiger partial charge >= 0.3 is 0 Å². The molecule has 1 unspecified atom stereocenters. The number of benzene rings is 2. The molecule has 0 bridgehead atoms. The smallest absolute Gasteiger partial charge is 0.125 e. The Labute approximate surface area is 122 Å². The zero-order chi connectivity index (χ0) is 14.4. The molecule has 2 heterocycles. The molecule has 0 radical (unpaired) electrons. The van der Waals surface area contributed by atoms with Crippen LogP contribution < -0.4 is 5.32 Å². The molecule has 0 aliphatic carbocycles. The lowest BCUT2D eigenvalue weighted by Gasteiger charge is -2.26. The molecule has 0 saturated heterocycles. The molecule has 2 aromatic carbocycles. The maximum atomic E-state index is 13.5. The molecule has 21 heavy (non-hydrogen) atoms. The van der Waals surface area contributed by atoms with Gasteiger partial charge in [0.2, 0.25) is 0 Å². The zero-order valence-electron chi connectivity index (χ0n) is 11.8. The molecule has 1 aromatic heterocycles. The van der Waals surface area contributed by atoms with Gasteiger partial charge in [0.15, 0.2) is 0 Å². The second-order valence-electron chi connectivity index (χ2n) is 5.54. The largest absolute Gasteiger partial charge is 0.330 e. The lowest BCUT2D eigenvalue weighted by atomic mass is 9.90. The molecular formula is C17H16FN3. The van der Waals surface area contributed by atoms with E-state index in [0.29, 0.717) is 0 Å². The highest BCUT2D eigenvalue weighted by Crippen LogP contribution is 2.31. The summed E-state index contributed by atoms with van der Waals surface area (Å²) in [4.78, 5) is 4.73. The Morgan fingerprint density at radius 2 is 2.10 bits per heavy atom. The molecule has 0 fully saturated rings. The van der Waals surface area contributed by atoms with Gasteiger partial charge in [-0.25, -0.2) is 9.37 Å². The first kappa shape index (κ1) is 12.5. The van der Waals surface area contributed by atoms with E-state index in [1.807, 2.05) is 11.6 Å². The van der Waals surface area contributed by atoms with Gasteiger partial charge in [-0.05, 0) is 29.3 Å². The van der Waals surface area contributed by atoms with Crippen molar-refractivity contribution in [2.45, 2.75) is 12.5 Å². The standard InChI is InChI=1S/C17H16FN3/c1-21-16-8-12(18)6-7-15(16)20-17(21)14-10-19-9-11-4-2-3-5-13(11)14/h2-8,14,19H,9-10H2,1H3. The quantitative estimate of drug-likeness (QED) is 0.743. The van der Waals surface area contributed by atoms with Crippen molar-refractivity contribution in [3.05, 3.63) is 65.2 Å². The van der Waals surface area contributed by atoms with Crippen molar-refractivity contribution in [1.82, 2.24) is 14.9 Å². The molecule has 4 rings (SSSR count). The fourth-order valence-corrected chi connectivity index (χ4v) is 3.22. The Balaban J connectivity index is 1.90. The van der Waals surface area contributed by atoms with E-state index in [1.54, 1.807) is 12.1 Å². The van der Waals surface area contributed by atoms with Crippen LogP contribution in [0.25, 0.3) is 11.0 Å². The second-order valence-corrected chi connectivity index (χ2v) is 5.54. The van der Waals surface area contributed by atoms with Crippen molar-refractivity contribution in [2.24, 2.45) is 7.05 Å². The van der Waals surface area contributed by atoms with Gasteiger partial charge < -0.3 is 9.88 Å². The van der Waals surface area contributed by atoms with Crippen molar-refractivity contribution < 1.29 is 4.39 Å². The number of aryl methyl sites for hydroxylation is 1. The lowest BCUT2D eigenvalue weighted by Crippen LogP contribution is -2.30. The predicted molar refractivity (Wildman–Crippen MR) is 80.7 cm³/mol. The van der Waals surface area contributed by atoms with E-state index in [9.17, 15) is 4.39 Å². The fraction of sp³-hybridized carbons (Fsp3) is 0.235. The summed E-state index contributed by atoms with van der Waals surface area (Å²) in [5, 5.41) is 3.45. The van der Waals surface area contributed by atoms with E-state index in [1.165, 1.54) is 17.2 Å². The third-order valence-electron chi connectivity index (χ3n) is 4.28. The number of nitrogens with zero attached hydrogens (tertiary/aromatic N) is 2. The highest BCUT2D eigenvalue weighted by molar-refractivity contribution is 5.76. The predicted octanol–water partition coefficient (Wildman–Crippen LogP) is 2.95. The van der Waals surface area contributed by atoms with Gasteiger partial charge in [0.25, 0.3) is 0 Å². The van der Waals surface area contributed by atoms with Crippen LogP contribution in [0.1, 0.15) is 22.9 Å². The zero-order valence-corrected chi connectivity index (χ0v) is 11.8. The first-order valence-electron chi connectivity index (χ1n) is 7.14. The maximum absolute atomic E-state index is 13.5. The van der Waals surface area contributed by atoms with Crippen LogP contribution in [0.3, 0.4) is 0 Å². The summed E-state index contributed by atoms with van der Waals surface area (Å²) in [7, 11) is 1.96. The molecule has 0 spiro atoms. The third kappa shape index (κ3) is 1.94. The minimum Gasteiger partial charge on any atom is -0.330 e. The first-order valence-corrected chi connectivity index (χ1v) is 7.14. The van der Waals surface area contributed by atoms with Crippen LogP contribution in [0.4, 0.5) is 4.39 Å². The molecular weight excluding hydrogens is 265 g/mol. The average Bonchev–Trinajstić information content (AvgIpc) is 2.83. The Kier molecular flexibility index (Phi) is 2.79. The van der Waals surface area contributed by atoms with Crippen LogP contribution >= 0.6 is 0 Å². The SMILES string of the molecule is Cn1c(C2CNCc3ccccc32)nc2ccc(F)cc21. The molecule has 1 atom stereocenters. The Morgan fingerprint density at radius 3 is 3.00 bits per heavy atom. The number of aromatic nitrogens is 2. The topological polar surface area (TPSA) is 29.9 Å². The van der Waals surface area contributed by atoms with Crippen LogP contribution in [0.15, 0.2) is 42.5 Å². The summed E-state index contributed by atoms with van der Waals surface area (Å²) in [6, 6.07) is 13.2. The molecule has 3 aromatic rings. The third-order valence-corrected chi connectivity index (χ3v) is 4.28. The van der Waals surface area contributed by atoms with E-state index < -0.39 is 0 Å². The number of imidazole rings is 1. The Bertz CT molecular complexity index is 822. The van der Waals surface area contributed by atoms with E-state index in [-0.39, 0.29) is 11.7 Å². The number of hydrogen-bond acceptors (Lipinski definition) is 2. The van der Waals surface area contributed by atoms with Gasteiger partial charge in [-0.2, -0.15) is 0 Å². The van der Waals surface area contributed by atoms with Gasteiger partial charge in [-0.3, -0.25) is 0 Å². The number of nitrogens with one attached hydrogen (secondary N) is 1. The number of fused-ring (bicyclic) bond motifs is 2. The number of halogens is 1. The maximum Gasteiger partial charge on any atom is 0.125 e. The second kappa shape index (κ2) is 4.67. The van der Waals surface area contributed by atoms with E-state index in [4.69, 9.17) is 4.98 Å². The number of hydrogen-bond donors (Lipinski definition) is 1. The molecule has 106 valence electrons. The molecule has 0 saturated carbocycles. The van der Waals surface area contributed by atoms with Crippen molar-refractivity contribution in [3.8, 4) is 0 Å². The van der Waals surface area contributed by atoms with Crippen LogP contribution in [0.5, 0.6) is 0 Å². The van der Waals surface area contributed by atoms with Crippen LogP contribution in [-0.2, 0) is 13.6 Å². The van der Waals surface area contributed by atoms with Gasteiger partial charge in [0.1, 0.15) is 11.6 Å². The summed E-state index contributed by atoms with van der Waals surface area (Å²) < 4.78 is 15.5. The molecule has 1 aliphatic heterocycles. The molecule has 1 N–H and O–H groups in total. The molecule has 1 aliphatic rings. The van der Waals surface area contributed by atoms with Gasteiger partial charge in [0.05, 0.1) is 17.0 Å². The summed E-state index contributed by atoms with van der Waals surface area (Å²) in [6.07, 6.45) is 0. The summed E-state index contributed by atoms with van der Waals surface area (Å²) in [5.41, 5.74) is 4.31. The summed E-state index contributed by atoms with van der Waals surface area (Å²) in [6.45, 7) is 1.75. The minimum absolute atomic E-state index is 0.204. The van der Waals surface area contributed by atoms with Crippen LogP contribution in [0.2, 0.25) is 0 Å². The van der Waals surface area contributed by atoms with Crippen molar-refractivity contribution >= 4 is 11.0 Å². The molecule has 4 heteroatoms. The molecule has 0 amide bonds. The van der Waals surface area contributed by atoms with Crippen molar-refractivity contribution in [1.29, 1.82) is 0 Å². The van der Waals surface area contributed by atoms with Crippen molar-refractivity contribution in [2.75, 3.05) is 6.54 Å². The van der Waals surface area contributed by atoms with E-state index >= 15 is 0 Å². The highest BCUT2D eigenvalue weighted by Gasteiger charge is 2.25. The van der Waals surface area contributed by atoms with Gasteiger partial charge in [0, 0.05) is 20.1 Å². The summed E-state index contributed by atoms with van der Waals surface area (Å²) >= 11 is 0. The lowest BCUT2D eigenvalue weighted by molar-refractivity contribution is 0.561. The van der Waals surface area contributed by atoms with Crippen LogP contribution in [-0.4, -0.2) is 16.1 Å².